The number of sulfonamides is 2. The van der Waals surface area contributed by atoms with Crippen molar-refractivity contribution in [1.82, 2.24) is 4.13 Å². The molecule has 0 aromatic heterocycles. The number of hydrogen-bond donors (Lipinski definition) is 1. The second-order valence-corrected chi connectivity index (χ2v) is 11.8. The molecule has 0 radical (unpaired) electrons. The summed E-state index contributed by atoms with van der Waals surface area (Å²) in [4.78, 5) is 0. The third-order valence-electron chi connectivity index (χ3n) is 4.34. The topological polar surface area (TPSA) is 124 Å². The second kappa shape index (κ2) is 10.8. The van der Waals surface area contributed by atoms with E-state index in [9.17, 15) is 51.1 Å². The van der Waals surface area contributed by atoms with Gasteiger partial charge in [0.2, 0.25) is 10.0 Å². The summed E-state index contributed by atoms with van der Waals surface area (Å²) in [6, 6.07) is 6.63. The maximum absolute atomic E-state index is 12.6. The quantitative estimate of drug-likeness (QED) is 0.390. The van der Waals surface area contributed by atoms with E-state index in [4.69, 9.17) is 0 Å². The number of nitrogens with one attached hydrogen (secondary N) is 1. The number of halogens is 6. The molecular formula is C16H21F6NO7S3. The minimum absolute atomic E-state index is 0.0204. The SMILES string of the molecule is CS(=O)(=O)NS(=O)(=O)C(F)(F)C(F)(F)CF.O=S(=O)(F)Oc1ccc(C2CCCCC2)cc1. The van der Waals surface area contributed by atoms with Crippen molar-refractivity contribution in [2.75, 3.05) is 12.9 Å². The summed E-state index contributed by atoms with van der Waals surface area (Å²) >= 11 is 0. The zero-order chi connectivity index (χ0) is 25.7. The predicted octanol–water partition coefficient (Wildman–Crippen LogP) is 3.39. The number of rotatable bonds is 8. The van der Waals surface area contributed by atoms with Gasteiger partial charge in [0.15, 0.2) is 6.67 Å². The predicted molar refractivity (Wildman–Crippen MR) is 106 cm³/mol. The number of alkyl halides is 5. The zero-order valence-electron chi connectivity index (χ0n) is 17.0. The molecule has 1 aliphatic rings. The maximum atomic E-state index is 12.6. The minimum Gasteiger partial charge on any atom is -0.358 e. The number of benzene rings is 1. The molecule has 0 aliphatic heterocycles. The molecule has 33 heavy (non-hydrogen) atoms. The van der Waals surface area contributed by atoms with Crippen molar-refractivity contribution in [3.05, 3.63) is 29.8 Å². The molecule has 8 nitrogen and oxygen atoms in total. The monoisotopic (exact) mass is 549 g/mol. The summed E-state index contributed by atoms with van der Waals surface area (Å²) in [7, 11) is -15.9. The van der Waals surface area contributed by atoms with Gasteiger partial charge >= 0.3 is 21.7 Å². The molecule has 17 heteroatoms. The van der Waals surface area contributed by atoms with Gasteiger partial charge in [0.1, 0.15) is 5.75 Å². The van der Waals surface area contributed by atoms with E-state index in [2.05, 4.69) is 4.18 Å². The highest BCUT2D eigenvalue weighted by Crippen LogP contribution is 2.38. The molecule has 2 rings (SSSR count). The van der Waals surface area contributed by atoms with E-state index in [0.29, 0.717) is 10.0 Å². The maximum Gasteiger partial charge on any atom is 0.488 e. The van der Waals surface area contributed by atoms with Crippen LogP contribution in [0.15, 0.2) is 24.3 Å². The van der Waals surface area contributed by atoms with Gasteiger partial charge < -0.3 is 4.18 Å². The van der Waals surface area contributed by atoms with Crippen molar-refractivity contribution >= 4 is 30.6 Å². The van der Waals surface area contributed by atoms with E-state index in [1.807, 2.05) is 12.1 Å². The van der Waals surface area contributed by atoms with E-state index < -0.39 is 48.4 Å². The molecule has 1 aromatic carbocycles. The Morgan fingerprint density at radius 3 is 1.82 bits per heavy atom. The highest BCUT2D eigenvalue weighted by Gasteiger charge is 2.66. The number of hydrogen-bond acceptors (Lipinski definition) is 7. The van der Waals surface area contributed by atoms with Crippen LogP contribution in [0.4, 0.5) is 25.8 Å². The van der Waals surface area contributed by atoms with Gasteiger partial charge in [0, 0.05) is 0 Å². The van der Waals surface area contributed by atoms with E-state index in [1.165, 1.54) is 49.8 Å². The Bertz CT molecular complexity index is 1100. The molecule has 0 saturated heterocycles. The molecule has 1 aromatic rings. The van der Waals surface area contributed by atoms with Crippen LogP contribution >= 0.6 is 0 Å². The summed E-state index contributed by atoms with van der Waals surface area (Å²) in [5, 5.41) is -5.88. The van der Waals surface area contributed by atoms with Gasteiger partial charge in [0.25, 0.3) is 10.0 Å². The Hall–Kier alpha value is -1.59. The fourth-order valence-electron chi connectivity index (χ4n) is 2.87. The van der Waals surface area contributed by atoms with Gasteiger partial charge in [-0.3, -0.25) is 0 Å². The Balaban J connectivity index is 0.000000331. The fourth-order valence-corrected chi connectivity index (χ4v) is 5.67. The Morgan fingerprint density at radius 1 is 0.939 bits per heavy atom. The molecule has 192 valence electrons. The lowest BCUT2D eigenvalue weighted by Crippen LogP contribution is -2.54. The Morgan fingerprint density at radius 2 is 1.42 bits per heavy atom. The summed E-state index contributed by atoms with van der Waals surface area (Å²) < 4.78 is 141. The van der Waals surface area contributed by atoms with Crippen LogP contribution < -0.4 is 8.31 Å². The zero-order valence-corrected chi connectivity index (χ0v) is 19.4. The van der Waals surface area contributed by atoms with Crippen molar-refractivity contribution in [1.29, 1.82) is 0 Å². The summed E-state index contributed by atoms with van der Waals surface area (Å²) in [6.07, 6.45) is 6.26. The van der Waals surface area contributed by atoms with Crippen LogP contribution in [0, 0.1) is 0 Å². The fraction of sp³-hybridized carbons (Fsp3) is 0.625. The van der Waals surface area contributed by atoms with Crippen LogP contribution in [0.5, 0.6) is 5.75 Å². The smallest absolute Gasteiger partial charge is 0.358 e. The minimum atomic E-state index is -6.25. The van der Waals surface area contributed by atoms with Crippen LogP contribution in [-0.4, -0.2) is 49.4 Å². The lowest BCUT2D eigenvalue weighted by Gasteiger charge is -2.23. The van der Waals surface area contributed by atoms with Crippen LogP contribution in [0.25, 0.3) is 0 Å². The van der Waals surface area contributed by atoms with E-state index in [-0.39, 0.29) is 12.0 Å². The lowest BCUT2D eigenvalue weighted by atomic mass is 9.84. The average Bonchev–Trinajstić information content (AvgIpc) is 2.66. The first-order valence-electron chi connectivity index (χ1n) is 9.10. The normalized spacial score (nSPS) is 16.6. The van der Waals surface area contributed by atoms with Gasteiger partial charge in [-0.25, -0.2) is 21.2 Å². The second-order valence-electron chi connectivity index (χ2n) is 7.09. The third kappa shape index (κ3) is 8.94. The summed E-state index contributed by atoms with van der Waals surface area (Å²) in [5.41, 5.74) is 1.17. The standard InChI is InChI=1S/C12H15FO3S.C4H6F5NO4S2/c13-17(14,15)16-12-8-6-11(7-9-12)10-4-2-1-3-5-10;1-15(11,12)10-16(13,14)4(8,9)3(6,7)2-5/h6-10H,1-5H2;10H,2H2,1H3. The van der Waals surface area contributed by atoms with Gasteiger partial charge in [-0.05, 0) is 36.5 Å². The van der Waals surface area contributed by atoms with Crippen molar-refractivity contribution in [3.8, 4) is 5.75 Å². The van der Waals surface area contributed by atoms with E-state index in [0.717, 1.165) is 0 Å². The highest BCUT2D eigenvalue weighted by molar-refractivity contribution is 8.04. The summed E-state index contributed by atoms with van der Waals surface area (Å²) in [6.45, 7) is -2.95. The molecule has 1 fully saturated rings. The van der Waals surface area contributed by atoms with E-state index >= 15 is 0 Å². The molecule has 0 amide bonds. The van der Waals surface area contributed by atoms with Crippen LogP contribution in [0.2, 0.25) is 0 Å². The van der Waals surface area contributed by atoms with Crippen molar-refractivity contribution in [3.63, 3.8) is 0 Å². The molecule has 0 unspecified atom stereocenters. The molecule has 0 spiro atoms. The van der Waals surface area contributed by atoms with Crippen LogP contribution in [-0.2, 0) is 30.6 Å². The first-order valence-corrected chi connectivity index (χ1v) is 13.8. The van der Waals surface area contributed by atoms with Gasteiger partial charge in [-0.2, -0.15) is 26.0 Å². The molecule has 0 atom stereocenters. The Labute approximate surface area is 187 Å². The molecule has 1 aliphatic carbocycles. The molecule has 1 N–H and O–H groups in total. The highest BCUT2D eigenvalue weighted by atomic mass is 32.3. The van der Waals surface area contributed by atoms with E-state index in [1.54, 1.807) is 0 Å². The molecular weight excluding hydrogens is 528 g/mol. The van der Waals surface area contributed by atoms with Gasteiger partial charge in [0.05, 0.1) is 6.26 Å². The average molecular weight is 550 g/mol. The largest absolute Gasteiger partial charge is 0.488 e. The lowest BCUT2D eigenvalue weighted by molar-refractivity contribution is -0.166. The molecule has 0 heterocycles. The van der Waals surface area contributed by atoms with Crippen molar-refractivity contribution in [2.24, 2.45) is 0 Å². The van der Waals surface area contributed by atoms with Crippen LogP contribution in [0.3, 0.4) is 0 Å². The summed E-state index contributed by atoms with van der Waals surface area (Å²) in [5.74, 6) is -4.96. The van der Waals surface area contributed by atoms with Crippen molar-refractivity contribution < 1.29 is 55.3 Å². The van der Waals surface area contributed by atoms with Gasteiger partial charge in [-0.1, -0.05) is 35.3 Å². The third-order valence-corrected chi connectivity index (χ3v) is 7.80. The molecule has 1 saturated carbocycles. The molecule has 0 bridgehead atoms. The first kappa shape index (κ1) is 29.4. The van der Waals surface area contributed by atoms with Crippen LogP contribution in [0.1, 0.15) is 43.6 Å². The first-order chi connectivity index (χ1) is 14.8. The van der Waals surface area contributed by atoms with Gasteiger partial charge in [-0.15, -0.1) is 4.13 Å². The Kier molecular flexibility index (Phi) is 9.61. The van der Waals surface area contributed by atoms with Crippen molar-refractivity contribution in [2.45, 2.75) is 49.2 Å².